The highest BCUT2D eigenvalue weighted by atomic mass is 16.2. The van der Waals surface area contributed by atoms with Gasteiger partial charge >= 0.3 is 0 Å². The molecule has 1 atom stereocenters. The Morgan fingerprint density at radius 3 is 2.64 bits per heavy atom. The predicted octanol–water partition coefficient (Wildman–Crippen LogP) is 1.42. The van der Waals surface area contributed by atoms with Crippen molar-refractivity contribution in [1.29, 1.82) is 0 Å². The lowest BCUT2D eigenvalue weighted by Crippen LogP contribution is -2.53. The van der Waals surface area contributed by atoms with Crippen molar-refractivity contribution in [3.63, 3.8) is 0 Å². The molecule has 7 heteroatoms. The fraction of sp³-hybridized carbons (Fsp3) is 0.571. The lowest BCUT2D eigenvalue weighted by Gasteiger charge is -2.40. The molecule has 0 radical (unpaired) electrons. The van der Waals surface area contributed by atoms with Crippen LogP contribution in [0.3, 0.4) is 0 Å². The van der Waals surface area contributed by atoms with E-state index in [0.29, 0.717) is 18.4 Å². The number of likely N-dealkylation sites (N-methyl/N-ethyl adjacent to an activating group) is 1. The summed E-state index contributed by atoms with van der Waals surface area (Å²) in [7, 11) is 0. The highest BCUT2D eigenvalue weighted by Gasteiger charge is 2.34. The van der Waals surface area contributed by atoms with Gasteiger partial charge in [0.15, 0.2) is 0 Å². The monoisotopic (exact) mass is 382 g/mol. The smallest absolute Gasteiger partial charge is 0.240 e. The minimum Gasteiger partial charge on any atom is -0.341 e. The minimum atomic E-state index is -0.0288. The molecule has 1 fully saturated rings. The third-order valence-corrected chi connectivity index (χ3v) is 6.20. The van der Waals surface area contributed by atoms with Gasteiger partial charge in [0.05, 0.1) is 11.7 Å². The maximum atomic E-state index is 13.3. The second kappa shape index (κ2) is 8.41. The Morgan fingerprint density at radius 1 is 1.21 bits per heavy atom. The van der Waals surface area contributed by atoms with Gasteiger partial charge in [0.2, 0.25) is 5.91 Å². The van der Waals surface area contributed by atoms with Crippen LogP contribution in [-0.2, 0) is 30.8 Å². The molecule has 2 aliphatic heterocycles. The number of amides is 1. The van der Waals surface area contributed by atoms with Crippen molar-refractivity contribution in [2.75, 3.05) is 19.6 Å². The Morgan fingerprint density at radius 2 is 1.96 bits per heavy atom. The molecule has 0 spiro atoms. The van der Waals surface area contributed by atoms with Gasteiger partial charge in [-0.05, 0) is 42.9 Å². The first-order valence-electron chi connectivity index (χ1n) is 10.4. The van der Waals surface area contributed by atoms with Crippen LogP contribution in [0.1, 0.15) is 36.6 Å². The number of carbonyl (C=O) groups is 1. The van der Waals surface area contributed by atoms with Crippen molar-refractivity contribution in [1.82, 2.24) is 24.8 Å². The van der Waals surface area contributed by atoms with E-state index in [2.05, 4.69) is 51.3 Å². The fourth-order valence-corrected chi connectivity index (χ4v) is 4.49. The number of nitrogens with zero attached hydrogens (tertiary/aromatic N) is 5. The third-order valence-electron chi connectivity index (χ3n) is 6.20. The van der Waals surface area contributed by atoms with E-state index in [1.165, 1.54) is 11.1 Å². The molecule has 0 unspecified atom stereocenters. The lowest BCUT2D eigenvalue weighted by atomic mass is 9.91. The zero-order chi connectivity index (χ0) is 19.5. The first-order valence-corrected chi connectivity index (χ1v) is 10.4. The second-order valence-corrected chi connectivity index (χ2v) is 7.96. The Hall–Kier alpha value is -2.25. The maximum Gasteiger partial charge on any atom is 0.240 e. The van der Waals surface area contributed by atoms with Crippen molar-refractivity contribution in [2.24, 2.45) is 11.7 Å². The number of aromatic nitrogens is 3. The molecular weight excluding hydrogens is 352 g/mol. The van der Waals surface area contributed by atoms with Crippen LogP contribution < -0.4 is 5.73 Å². The summed E-state index contributed by atoms with van der Waals surface area (Å²) in [6.45, 7) is 6.86. The highest BCUT2D eigenvalue weighted by molar-refractivity contribution is 5.82. The molecule has 1 aromatic heterocycles. The van der Waals surface area contributed by atoms with Gasteiger partial charge in [0, 0.05) is 38.9 Å². The van der Waals surface area contributed by atoms with Gasteiger partial charge in [-0.3, -0.25) is 14.4 Å². The van der Waals surface area contributed by atoms with Crippen LogP contribution in [0.25, 0.3) is 0 Å². The van der Waals surface area contributed by atoms with Crippen LogP contribution in [-0.4, -0.2) is 56.4 Å². The molecule has 7 nitrogen and oxygen atoms in total. The number of hydrogen-bond acceptors (Lipinski definition) is 5. The minimum absolute atomic E-state index is 0.0288. The number of carbonyl (C=O) groups excluding carboxylic acids is 1. The molecule has 1 amide bonds. The zero-order valence-electron chi connectivity index (χ0n) is 16.6. The van der Waals surface area contributed by atoms with E-state index in [0.717, 1.165) is 57.7 Å². The van der Waals surface area contributed by atoms with Gasteiger partial charge in [-0.25, -0.2) is 0 Å². The second-order valence-electron chi connectivity index (χ2n) is 7.96. The summed E-state index contributed by atoms with van der Waals surface area (Å²) in [4.78, 5) is 17.7. The molecule has 4 rings (SSSR count). The van der Waals surface area contributed by atoms with E-state index in [-0.39, 0.29) is 6.04 Å². The number of fused-ring (bicyclic) bond motifs is 1. The normalized spacial score (nSPS) is 20.9. The van der Waals surface area contributed by atoms with Crippen LogP contribution in [0.5, 0.6) is 0 Å². The van der Waals surface area contributed by atoms with Gasteiger partial charge in [-0.2, -0.15) is 0 Å². The molecule has 150 valence electrons. The van der Waals surface area contributed by atoms with E-state index in [9.17, 15) is 4.79 Å². The van der Waals surface area contributed by atoms with Crippen LogP contribution in [0.2, 0.25) is 0 Å². The molecule has 2 aromatic rings. The van der Waals surface area contributed by atoms with Crippen LogP contribution in [0, 0.1) is 5.92 Å². The highest BCUT2D eigenvalue weighted by Crippen LogP contribution is 2.26. The maximum absolute atomic E-state index is 13.3. The zero-order valence-corrected chi connectivity index (χ0v) is 16.6. The summed E-state index contributed by atoms with van der Waals surface area (Å²) in [6.07, 6.45) is 4.78. The summed E-state index contributed by atoms with van der Waals surface area (Å²) in [5.74, 6) is 0.826. The molecule has 0 saturated carbocycles. The fourth-order valence-electron chi connectivity index (χ4n) is 4.49. The summed E-state index contributed by atoms with van der Waals surface area (Å²) in [5, 5.41) is 8.21. The van der Waals surface area contributed by atoms with Gasteiger partial charge < -0.3 is 10.6 Å². The Kier molecular flexibility index (Phi) is 5.73. The number of nitrogens with two attached hydrogens (primary N) is 1. The molecule has 0 bridgehead atoms. The molecular formula is C21H30N6O. The number of rotatable bonds is 5. The number of benzene rings is 1. The van der Waals surface area contributed by atoms with Gasteiger partial charge in [-0.15, -0.1) is 5.10 Å². The topological polar surface area (TPSA) is 80.3 Å². The van der Waals surface area contributed by atoms with Gasteiger partial charge in [0.1, 0.15) is 0 Å². The molecule has 1 aromatic carbocycles. The van der Waals surface area contributed by atoms with Crippen molar-refractivity contribution < 1.29 is 4.79 Å². The average Bonchev–Trinajstić information content (AvgIpc) is 3.20. The first-order chi connectivity index (χ1) is 13.7. The van der Waals surface area contributed by atoms with Gasteiger partial charge in [0.25, 0.3) is 0 Å². The molecule has 28 heavy (non-hydrogen) atoms. The first kappa shape index (κ1) is 19.1. The number of likely N-dealkylation sites (tertiary alicyclic amines) is 1. The lowest BCUT2D eigenvalue weighted by molar-refractivity contribution is -0.139. The van der Waals surface area contributed by atoms with Crippen molar-refractivity contribution in [3.8, 4) is 0 Å². The van der Waals surface area contributed by atoms with E-state index in [4.69, 9.17) is 5.73 Å². The van der Waals surface area contributed by atoms with Crippen molar-refractivity contribution in [3.05, 3.63) is 47.3 Å². The predicted molar refractivity (Wildman–Crippen MR) is 107 cm³/mol. The van der Waals surface area contributed by atoms with E-state index < -0.39 is 0 Å². The number of piperidine rings is 1. The van der Waals surface area contributed by atoms with E-state index in [1.54, 1.807) is 0 Å². The summed E-state index contributed by atoms with van der Waals surface area (Å²) < 4.78 is 1.89. The van der Waals surface area contributed by atoms with Crippen LogP contribution in [0.4, 0.5) is 0 Å². The average molecular weight is 383 g/mol. The van der Waals surface area contributed by atoms with Crippen molar-refractivity contribution >= 4 is 5.91 Å². The molecule has 0 aliphatic carbocycles. The SMILES string of the molecule is CCN1Cc2ccccc2C[C@@H]1C(=O)N1CCC(Cn2cc(CN)nn2)CC1. The van der Waals surface area contributed by atoms with Crippen molar-refractivity contribution in [2.45, 2.75) is 51.9 Å². The molecule has 2 N–H and O–H groups in total. The van der Waals surface area contributed by atoms with E-state index in [1.807, 2.05) is 10.9 Å². The van der Waals surface area contributed by atoms with Crippen LogP contribution in [0.15, 0.2) is 30.5 Å². The largest absolute Gasteiger partial charge is 0.341 e. The Labute approximate surface area is 166 Å². The Balaban J connectivity index is 1.35. The quantitative estimate of drug-likeness (QED) is 0.846. The summed E-state index contributed by atoms with van der Waals surface area (Å²) in [6, 6.07) is 8.49. The molecule has 3 heterocycles. The molecule has 1 saturated heterocycles. The molecule has 2 aliphatic rings. The summed E-state index contributed by atoms with van der Waals surface area (Å²) in [5.41, 5.74) is 9.11. The number of hydrogen-bond donors (Lipinski definition) is 1. The standard InChI is InChI=1S/C21H30N6O/c1-2-25-14-18-6-4-3-5-17(18)11-20(25)21(28)26-9-7-16(8-10-26)13-27-15-19(12-22)23-24-27/h3-6,15-16,20H,2,7-14,22H2,1H3/t20-/m1/s1. The Bertz CT molecular complexity index is 811. The van der Waals surface area contributed by atoms with Crippen LogP contribution >= 0.6 is 0 Å². The summed E-state index contributed by atoms with van der Waals surface area (Å²) >= 11 is 0. The third kappa shape index (κ3) is 3.95. The van der Waals surface area contributed by atoms with Gasteiger partial charge in [-0.1, -0.05) is 36.4 Å². The van der Waals surface area contributed by atoms with E-state index >= 15 is 0 Å².